The molecule has 0 bridgehead atoms. The molecule has 196 valence electrons. The number of rotatable bonds is 11. The van der Waals surface area contributed by atoms with Gasteiger partial charge in [-0.25, -0.2) is 13.8 Å². The summed E-state index contributed by atoms with van der Waals surface area (Å²) in [7, 11) is 1.34. The first-order valence-corrected chi connectivity index (χ1v) is 12.6. The normalized spacial score (nSPS) is 11.2. The Labute approximate surface area is 220 Å². The van der Waals surface area contributed by atoms with Crippen LogP contribution in [0.1, 0.15) is 5.56 Å². The molecule has 0 atom stereocenters. The average Bonchev–Trinajstić information content (AvgIpc) is 2.91. The Morgan fingerprint density at radius 3 is 2.24 bits per heavy atom. The van der Waals surface area contributed by atoms with Gasteiger partial charge in [0.2, 0.25) is 0 Å². The molecule has 0 aliphatic heterocycles. The third-order valence-electron chi connectivity index (χ3n) is 5.18. The molecule has 0 saturated heterocycles. The van der Waals surface area contributed by atoms with Crippen molar-refractivity contribution in [3.05, 3.63) is 71.2 Å². The molecule has 3 rings (SSSR count). The average molecular weight is 548 g/mol. The first-order chi connectivity index (χ1) is 17.7. The van der Waals surface area contributed by atoms with E-state index in [1.165, 1.54) is 58.9 Å². The molecule has 3 aromatic carbocycles. The zero-order valence-electron chi connectivity index (χ0n) is 20.6. The van der Waals surface area contributed by atoms with Crippen molar-refractivity contribution in [2.24, 2.45) is 5.10 Å². The van der Waals surface area contributed by atoms with E-state index in [0.29, 0.717) is 22.1 Å². The Hall–Kier alpha value is -3.96. The van der Waals surface area contributed by atoms with Crippen molar-refractivity contribution in [1.29, 1.82) is 0 Å². The number of carbonyl (C=O) groups excluding carboxylic acids is 1. The van der Waals surface area contributed by atoms with Gasteiger partial charge in [-0.05, 0) is 30.3 Å². The lowest BCUT2D eigenvalue weighted by molar-refractivity contribution is -0.119. The number of carbonyl (C=O) groups is 1. The molecule has 37 heavy (non-hydrogen) atoms. The summed E-state index contributed by atoms with van der Waals surface area (Å²) >= 11 is 6.10. The zero-order chi connectivity index (χ0) is 27.0. The summed E-state index contributed by atoms with van der Waals surface area (Å²) < 4.78 is 49.7. The van der Waals surface area contributed by atoms with Crippen molar-refractivity contribution in [3.63, 3.8) is 0 Å². The Kier molecular flexibility index (Phi) is 9.20. The van der Waals surface area contributed by atoms with Gasteiger partial charge < -0.3 is 18.9 Å². The predicted molar refractivity (Wildman–Crippen MR) is 141 cm³/mol. The van der Waals surface area contributed by atoms with E-state index in [1.54, 1.807) is 36.4 Å². The molecule has 10 nitrogen and oxygen atoms in total. The SMILES string of the molecule is COc1ccc(OC)c(N(CC(=O)N/N=C\c2ccccc2Cl)S(=O)(=O)c2ccc(OC)c(OC)c2)c1. The maximum Gasteiger partial charge on any atom is 0.265 e. The zero-order valence-corrected chi connectivity index (χ0v) is 22.2. The van der Waals surface area contributed by atoms with Gasteiger partial charge in [0.1, 0.15) is 18.0 Å². The third-order valence-corrected chi connectivity index (χ3v) is 7.28. The topological polar surface area (TPSA) is 116 Å². The van der Waals surface area contributed by atoms with Crippen LogP contribution < -0.4 is 28.7 Å². The molecule has 12 heteroatoms. The smallest absolute Gasteiger partial charge is 0.265 e. The monoisotopic (exact) mass is 547 g/mol. The van der Waals surface area contributed by atoms with Crippen LogP contribution in [0.4, 0.5) is 5.69 Å². The van der Waals surface area contributed by atoms with Crippen LogP contribution in [-0.4, -0.2) is 55.5 Å². The number of sulfonamides is 1. The molecular weight excluding hydrogens is 522 g/mol. The highest BCUT2D eigenvalue weighted by Crippen LogP contribution is 2.37. The number of methoxy groups -OCH3 is 4. The Morgan fingerprint density at radius 1 is 0.919 bits per heavy atom. The molecule has 0 saturated carbocycles. The van der Waals surface area contributed by atoms with E-state index < -0.39 is 22.5 Å². The maximum absolute atomic E-state index is 13.8. The van der Waals surface area contributed by atoms with Crippen LogP contribution in [0.25, 0.3) is 0 Å². The fourth-order valence-electron chi connectivity index (χ4n) is 3.31. The summed E-state index contributed by atoms with van der Waals surface area (Å²) in [5, 5.41) is 4.35. The van der Waals surface area contributed by atoms with Gasteiger partial charge in [0.15, 0.2) is 11.5 Å². The first-order valence-electron chi connectivity index (χ1n) is 10.8. The summed E-state index contributed by atoms with van der Waals surface area (Å²) in [6.45, 7) is -0.625. The second-order valence-electron chi connectivity index (χ2n) is 7.38. The number of ether oxygens (including phenoxy) is 4. The third kappa shape index (κ3) is 6.43. The summed E-state index contributed by atoms with van der Waals surface area (Å²) in [5.41, 5.74) is 3.00. The molecule has 0 aliphatic carbocycles. The molecule has 0 fully saturated rings. The van der Waals surface area contributed by atoms with Crippen LogP contribution in [0.15, 0.2) is 70.7 Å². The van der Waals surface area contributed by atoms with E-state index in [4.69, 9.17) is 30.5 Å². The van der Waals surface area contributed by atoms with Crippen molar-refractivity contribution in [3.8, 4) is 23.0 Å². The fraction of sp³-hybridized carbons (Fsp3) is 0.200. The molecule has 1 N–H and O–H groups in total. The molecule has 0 radical (unpaired) electrons. The molecule has 0 aromatic heterocycles. The minimum atomic E-state index is -4.32. The second-order valence-corrected chi connectivity index (χ2v) is 9.65. The molecular formula is C25H26ClN3O7S. The number of hydrazone groups is 1. The number of hydrogen-bond acceptors (Lipinski definition) is 8. The number of halogens is 1. The molecule has 0 unspecified atom stereocenters. The number of nitrogens with zero attached hydrogens (tertiary/aromatic N) is 2. The van der Waals surface area contributed by atoms with E-state index >= 15 is 0 Å². The van der Waals surface area contributed by atoms with E-state index in [9.17, 15) is 13.2 Å². The van der Waals surface area contributed by atoms with Crippen LogP contribution in [-0.2, 0) is 14.8 Å². The van der Waals surface area contributed by atoms with Gasteiger partial charge in [-0.15, -0.1) is 0 Å². The fourth-order valence-corrected chi connectivity index (χ4v) is 4.94. The predicted octanol–water partition coefficient (Wildman–Crippen LogP) is 3.72. The van der Waals surface area contributed by atoms with Gasteiger partial charge in [-0.2, -0.15) is 5.10 Å². The van der Waals surface area contributed by atoms with Gasteiger partial charge in [0.25, 0.3) is 15.9 Å². The standard InChI is InChI=1S/C25H26ClN3O7S/c1-33-18-9-11-22(34-2)21(13-18)29(16-25(30)28-27-15-17-7-5-6-8-20(17)26)37(31,32)19-10-12-23(35-3)24(14-19)36-4/h5-15H,16H2,1-4H3,(H,28,30)/b27-15-. The molecule has 0 spiro atoms. The van der Waals surface area contributed by atoms with Crippen molar-refractivity contribution in [1.82, 2.24) is 5.43 Å². The maximum atomic E-state index is 13.8. The Bertz CT molecular complexity index is 1400. The number of nitrogens with one attached hydrogen (secondary N) is 1. The first kappa shape index (κ1) is 27.6. The van der Waals surface area contributed by atoms with Crippen LogP contribution in [0.3, 0.4) is 0 Å². The van der Waals surface area contributed by atoms with Crippen molar-refractivity contribution in [2.75, 3.05) is 39.3 Å². The van der Waals surface area contributed by atoms with Crippen LogP contribution >= 0.6 is 11.6 Å². The quantitative estimate of drug-likeness (QED) is 0.287. The van der Waals surface area contributed by atoms with Crippen LogP contribution in [0, 0.1) is 0 Å². The van der Waals surface area contributed by atoms with Gasteiger partial charge in [0, 0.05) is 22.7 Å². The summed E-state index contributed by atoms with van der Waals surface area (Å²) in [5.74, 6) is 0.406. The Morgan fingerprint density at radius 2 is 1.59 bits per heavy atom. The highest BCUT2D eigenvalue weighted by molar-refractivity contribution is 7.92. The molecule has 3 aromatic rings. The van der Waals surface area contributed by atoms with Gasteiger partial charge in [-0.1, -0.05) is 29.8 Å². The summed E-state index contributed by atoms with van der Waals surface area (Å²) in [6, 6.07) is 15.6. The van der Waals surface area contributed by atoms with E-state index in [2.05, 4.69) is 10.5 Å². The lowest BCUT2D eigenvalue weighted by Crippen LogP contribution is -2.39. The largest absolute Gasteiger partial charge is 0.497 e. The summed E-state index contributed by atoms with van der Waals surface area (Å²) in [6.07, 6.45) is 1.36. The van der Waals surface area contributed by atoms with E-state index in [1.807, 2.05) is 0 Å². The Balaban J connectivity index is 2.02. The van der Waals surface area contributed by atoms with Crippen LogP contribution in [0.5, 0.6) is 23.0 Å². The molecule has 0 aliphatic rings. The number of anilines is 1. The van der Waals surface area contributed by atoms with Crippen LogP contribution in [0.2, 0.25) is 5.02 Å². The van der Waals surface area contributed by atoms with Gasteiger partial charge in [-0.3, -0.25) is 9.10 Å². The highest BCUT2D eigenvalue weighted by Gasteiger charge is 2.31. The number of amides is 1. The molecule has 0 heterocycles. The lowest BCUT2D eigenvalue weighted by Gasteiger charge is -2.26. The van der Waals surface area contributed by atoms with E-state index in [-0.39, 0.29) is 22.1 Å². The number of benzene rings is 3. The van der Waals surface area contributed by atoms with Gasteiger partial charge in [0.05, 0.1) is 45.2 Å². The van der Waals surface area contributed by atoms with Crippen molar-refractivity contribution in [2.45, 2.75) is 4.90 Å². The van der Waals surface area contributed by atoms with Crippen molar-refractivity contribution >= 4 is 39.4 Å². The second kappa shape index (κ2) is 12.3. The van der Waals surface area contributed by atoms with Gasteiger partial charge >= 0.3 is 0 Å². The highest BCUT2D eigenvalue weighted by atomic mass is 35.5. The van der Waals surface area contributed by atoms with E-state index in [0.717, 1.165) is 4.31 Å². The minimum Gasteiger partial charge on any atom is -0.497 e. The van der Waals surface area contributed by atoms with Crippen molar-refractivity contribution < 1.29 is 32.2 Å². The summed E-state index contributed by atoms with van der Waals surface area (Å²) in [4.78, 5) is 12.7. The lowest BCUT2D eigenvalue weighted by atomic mass is 10.2. The minimum absolute atomic E-state index is 0.0851. The molecule has 1 amide bonds. The number of hydrogen-bond donors (Lipinski definition) is 1.